The fourth-order valence-corrected chi connectivity index (χ4v) is 1.45. The van der Waals surface area contributed by atoms with Gasteiger partial charge in [-0.25, -0.2) is 0 Å². The number of nitro groups is 1. The minimum Gasteiger partial charge on any atom is -0.258 e. The molecule has 0 atom stereocenters. The van der Waals surface area contributed by atoms with Crippen molar-refractivity contribution in [1.82, 2.24) is 4.98 Å². The molecule has 0 saturated carbocycles. The van der Waals surface area contributed by atoms with Crippen LogP contribution in [0.15, 0.2) is 54.7 Å². The summed E-state index contributed by atoms with van der Waals surface area (Å²) in [6.07, 6.45) is 3.07. The Bertz CT molecular complexity index is 536. The summed E-state index contributed by atoms with van der Waals surface area (Å²) in [6.45, 7) is 0. The molecule has 0 aliphatic carbocycles. The summed E-state index contributed by atoms with van der Waals surface area (Å²) < 4.78 is 0. The van der Waals surface area contributed by atoms with Crippen molar-refractivity contribution in [3.05, 3.63) is 76.1 Å². The van der Waals surface area contributed by atoms with E-state index in [0.29, 0.717) is 11.3 Å². The molecule has 1 aromatic carbocycles. The van der Waals surface area contributed by atoms with E-state index in [0.717, 1.165) is 0 Å². The van der Waals surface area contributed by atoms with Crippen molar-refractivity contribution in [3.63, 3.8) is 0 Å². The quantitative estimate of drug-likeness (QED) is 0.597. The van der Waals surface area contributed by atoms with E-state index in [1.807, 2.05) is 6.07 Å². The van der Waals surface area contributed by atoms with Gasteiger partial charge in [0.05, 0.1) is 16.2 Å². The van der Waals surface area contributed by atoms with Crippen LogP contribution >= 0.6 is 0 Å². The van der Waals surface area contributed by atoms with Crippen LogP contribution in [0, 0.1) is 10.1 Å². The minimum absolute atomic E-state index is 0.0456. The van der Waals surface area contributed by atoms with Crippen LogP contribution in [0.4, 0.5) is 0 Å². The van der Waals surface area contributed by atoms with Crippen LogP contribution in [0.5, 0.6) is 0 Å². The van der Waals surface area contributed by atoms with E-state index in [9.17, 15) is 10.1 Å². The number of rotatable bonds is 3. The molecule has 17 heavy (non-hydrogen) atoms. The predicted octanol–water partition coefficient (Wildman–Crippen LogP) is 2.86. The van der Waals surface area contributed by atoms with Gasteiger partial charge in [-0.1, -0.05) is 24.3 Å². The van der Waals surface area contributed by atoms with Gasteiger partial charge in [0, 0.05) is 12.3 Å². The van der Waals surface area contributed by atoms with Crippen molar-refractivity contribution in [1.29, 1.82) is 0 Å². The average Bonchev–Trinajstić information content (AvgIpc) is 2.38. The van der Waals surface area contributed by atoms with Crippen molar-refractivity contribution in [2.75, 3.05) is 0 Å². The summed E-state index contributed by atoms with van der Waals surface area (Å²) in [4.78, 5) is 14.7. The molecule has 0 spiro atoms. The number of aromatic nitrogens is 1. The van der Waals surface area contributed by atoms with Gasteiger partial charge in [0.2, 0.25) is 0 Å². The highest BCUT2D eigenvalue weighted by Gasteiger charge is 2.13. The van der Waals surface area contributed by atoms with Gasteiger partial charge in [0.1, 0.15) is 0 Å². The molecule has 0 amide bonds. The van der Waals surface area contributed by atoms with Crippen LogP contribution in [0.25, 0.3) is 11.8 Å². The largest absolute Gasteiger partial charge is 0.278 e. The normalized spacial score (nSPS) is 11.2. The zero-order chi connectivity index (χ0) is 12.1. The lowest BCUT2D eigenvalue weighted by Crippen LogP contribution is -1.97. The monoisotopic (exact) mass is 226 g/mol. The highest BCUT2D eigenvalue weighted by molar-refractivity contribution is 5.74. The van der Waals surface area contributed by atoms with Gasteiger partial charge in [-0.2, -0.15) is 0 Å². The molecule has 0 aliphatic heterocycles. The molecule has 0 unspecified atom stereocenters. The second kappa shape index (κ2) is 5.03. The van der Waals surface area contributed by atoms with Gasteiger partial charge in [-0.3, -0.25) is 15.1 Å². The maximum atomic E-state index is 11.0. The van der Waals surface area contributed by atoms with Crippen LogP contribution in [0.3, 0.4) is 0 Å². The lowest BCUT2D eigenvalue weighted by Gasteiger charge is -1.98. The zero-order valence-electron chi connectivity index (χ0n) is 8.98. The molecule has 0 fully saturated rings. The van der Waals surface area contributed by atoms with Gasteiger partial charge in [-0.05, 0) is 24.3 Å². The van der Waals surface area contributed by atoms with Gasteiger partial charge in [-0.15, -0.1) is 0 Å². The van der Waals surface area contributed by atoms with Crippen LogP contribution in [-0.4, -0.2) is 9.91 Å². The second-order valence-corrected chi connectivity index (χ2v) is 3.41. The highest BCUT2D eigenvalue weighted by atomic mass is 16.6. The van der Waals surface area contributed by atoms with Crippen molar-refractivity contribution in [3.8, 4) is 0 Å². The SMILES string of the molecule is O=[N+]([O-])C(=Cc1ccccn1)c1ccccc1. The molecule has 0 radical (unpaired) electrons. The van der Waals surface area contributed by atoms with E-state index in [1.165, 1.54) is 6.08 Å². The van der Waals surface area contributed by atoms with Gasteiger partial charge in [0.15, 0.2) is 0 Å². The molecule has 2 aromatic rings. The fourth-order valence-electron chi connectivity index (χ4n) is 1.45. The van der Waals surface area contributed by atoms with Gasteiger partial charge < -0.3 is 0 Å². The molecular weight excluding hydrogens is 216 g/mol. The van der Waals surface area contributed by atoms with Crippen LogP contribution < -0.4 is 0 Å². The van der Waals surface area contributed by atoms with E-state index in [2.05, 4.69) is 4.98 Å². The van der Waals surface area contributed by atoms with E-state index < -0.39 is 4.92 Å². The first-order valence-electron chi connectivity index (χ1n) is 5.10. The lowest BCUT2D eigenvalue weighted by molar-refractivity contribution is -0.374. The highest BCUT2D eigenvalue weighted by Crippen LogP contribution is 2.17. The Morgan fingerprint density at radius 2 is 1.82 bits per heavy atom. The Hall–Kier alpha value is -2.49. The van der Waals surface area contributed by atoms with Crippen LogP contribution in [-0.2, 0) is 0 Å². The Morgan fingerprint density at radius 3 is 2.41 bits per heavy atom. The standard InChI is InChI=1S/C13H10N2O2/c16-15(17)13(11-6-2-1-3-7-11)10-12-8-4-5-9-14-12/h1-10H. The summed E-state index contributed by atoms with van der Waals surface area (Å²) in [5, 5.41) is 11.0. The molecule has 1 heterocycles. The number of hydrogen-bond acceptors (Lipinski definition) is 3. The summed E-state index contributed by atoms with van der Waals surface area (Å²) in [6, 6.07) is 14.1. The van der Waals surface area contributed by atoms with Crippen molar-refractivity contribution < 1.29 is 4.92 Å². The molecule has 1 aromatic heterocycles. The van der Waals surface area contributed by atoms with E-state index >= 15 is 0 Å². The van der Waals surface area contributed by atoms with Crippen molar-refractivity contribution in [2.24, 2.45) is 0 Å². The van der Waals surface area contributed by atoms with E-state index in [1.54, 1.807) is 48.7 Å². The predicted molar refractivity (Wildman–Crippen MR) is 65.5 cm³/mol. The third-order valence-corrected chi connectivity index (χ3v) is 2.24. The average molecular weight is 226 g/mol. The lowest BCUT2D eigenvalue weighted by atomic mass is 10.1. The summed E-state index contributed by atoms with van der Waals surface area (Å²) in [5.41, 5.74) is 1.19. The zero-order valence-corrected chi connectivity index (χ0v) is 8.98. The summed E-state index contributed by atoms with van der Waals surface area (Å²) >= 11 is 0. The van der Waals surface area contributed by atoms with Crippen LogP contribution in [0.1, 0.15) is 11.3 Å². The molecule has 4 nitrogen and oxygen atoms in total. The number of pyridine rings is 1. The Balaban J connectivity index is 2.44. The third kappa shape index (κ3) is 2.75. The van der Waals surface area contributed by atoms with E-state index in [4.69, 9.17) is 0 Å². The second-order valence-electron chi connectivity index (χ2n) is 3.41. The minimum atomic E-state index is -0.399. The van der Waals surface area contributed by atoms with Gasteiger partial charge in [0.25, 0.3) is 5.70 Å². The summed E-state index contributed by atoms with van der Waals surface area (Å²) in [5.74, 6) is 0. The number of nitrogens with zero attached hydrogens (tertiary/aromatic N) is 2. The van der Waals surface area contributed by atoms with E-state index in [-0.39, 0.29) is 5.70 Å². The first-order valence-corrected chi connectivity index (χ1v) is 5.10. The molecule has 84 valence electrons. The Labute approximate surface area is 98.4 Å². The maximum Gasteiger partial charge on any atom is 0.278 e. The third-order valence-electron chi connectivity index (χ3n) is 2.24. The first kappa shape index (κ1) is 11.0. The molecule has 0 N–H and O–H groups in total. The Morgan fingerprint density at radius 1 is 1.12 bits per heavy atom. The fraction of sp³-hybridized carbons (Fsp3) is 0. The Kier molecular flexibility index (Phi) is 3.25. The van der Waals surface area contributed by atoms with Crippen LogP contribution in [0.2, 0.25) is 0 Å². The first-order chi connectivity index (χ1) is 8.27. The summed E-state index contributed by atoms with van der Waals surface area (Å²) in [7, 11) is 0. The van der Waals surface area contributed by atoms with Crippen molar-refractivity contribution >= 4 is 11.8 Å². The molecule has 2 rings (SSSR count). The molecule has 0 saturated heterocycles. The number of hydrogen-bond donors (Lipinski definition) is 0. The topological polar surface area (TPSA) is 56.0 Å². The molecular formula is C13H10N2O2. The maximum absolute atomic E-state index is 11.0. The van der Waals surface area contributed by atoms with Crippen molar-refractivity contribution in [2.45, 2.75) is 0 Å². The molecule has 0 bridgehead atoms. The smallest absolute Gasteiger partial charge is 0.258 e. The number of benzene rings is 1. The van der Waals surface area contributed by atoms with Gasteiger partial charge >= 0.3 is 0 Å². The molecule has 0 aliphatic rings. The molecule has 4 heteroatoms.